The van der Waals surface area contributed by atoms with Crippen LogP contribution >= 0.6 is 17.0 Å². The molecule has 0 aliphatic carbocycles. The summed E-state index contributed by atoms with van der Waals surface area (Å²) >= 11 is -1.65. The van der Waals surface area contributed by atoms with Crippen molar-refractivity contribution in [2.24, 2.45) is 0 Å². The van der Waals surface area contributed by atoms with Gasteiger partial charge >= 0.3 is 53.5 Å². The van der Waals surface area contributed by atoms with Gasteiger partial charge in [0.05, 0.1) is 0 Å². The van der Waals surface area contributed by atoms with E-state index in [4.69, 9.17) is 17.0 Å². The summed E-state index contributed by atoms with van der Waals surface area (Å²) in [6.45, 7) is 8.79. The van der Waals surface area contributed by atoms with E-state index >= 15 is 0 Å². The quantitative estimate of drug-likeness (QED) is 0.0514. The molecule has 0 nitrogen and oxygen atoms in total. The minimum atomic E-state index is -2.93. The molecule has 0 unspecified atom stereocenters. The molecule has 0 saturated heterocycles. The Balaban J connectivity index is 0.000000160. The SMILES string of the molecule is C[Si](C)=[Zr]([Cl])[Cl].Cc1cc2cc([Si](c3ccccc3)(c3ccccc3)c3ccccc3)c([Si](c3ccccc3)(c3ccccc3)c3ccccc3)cc2[cH-]1.Cc1cc2cc([Si](c3ccccc3)(c3ccccc3)c3ccccc3)c([Si](c3ccccc3)(c3ccccc3)c3ccccc3)cc2[cH-]1. The number of fused-ring (bicyclic) bond motifs is 2. The van der Waals surface area contributed by atoms with E-state index in [1.54, 1.807) is 0 Å². The first-order chi connectivity index (χ1) is 50.1. The van der Waals surface area contributed by atoms with Gasteiger partial charge in [0.1, 0.15) is 0 Å². The van der Waals surface area contributed by atoms with Gasteiger partial charge in [0.15, 0.2) is 32.3 Å². The Morgan fingerprint density at radius 1 is 0.225 bits per heavy atom. The van der Waals surface area contributed by atoms with Crippen LogP contribution in [0.5, 0.6) is 0 Å². The van der Waals surface area contributed by atoms with E-state index in [9.17, 15) is 0 Å². The van der Waals surface area contributed by atoms with E-state index < -0.39 is 50.3 Å². The molecule has 0 aliphatic heterocycles. The molecule has 8 heteroatoms. The predicted octanol–water partition coefficient (Wildman–Crippen LogP) is 13.4. The van der Waals surface area contributed by atoms with Crippen molar-refractivity contribution in [3.05, 3.63) is 424 Å². The maximum atomic E-state index is 5.62. The molecule has 0 fully saturated rings. The topological polar surface area (TPSA) is 0 Å². The minimum Gasteiger partial charge on any atom is -0.165 e. The van der Waals surface area contributed by atoms with E-state index in [2.05, 4.69) is 439 Å². The number of hydrogen-bond donors (Lipinski definition) is 0. The zero-order valence-corrected chi connectivity index (χ0v) is 67.0. The van der Waals surface area contributed by atoms with Crippen LogP contribution in [0.1, 0.15) is 11.1 Å². The van der Waals surface area contributed by atoms with Crippen molar-refractivity contribution in [1.29, 1.82) is 0 Å². The third-order valence-corrected chi connectivity index (χ3v) is 60.0. The molecule has 16 aromatic rings. The average molecular weight is 1510 g/mol. The van der Waals surface area contributed by atoms with E-state index in [0.717, 1.165) is 0 Å². The van der Waals surface area contributed by atoms with E-state index in [1.807, 2.05) is 0 Å². The third kappa shape index (κ3) is 13.3. The predicted molar refractivity (Wildman–Crippen MR) is 452 cm³/mol. The van der Waals surface area contributed by atoms with Crippen LogP contribution in [-0.2, 0) is 18.0 Å². The van der Waals surface area contributed by atoms with Gasteiger partial charge in [0.2, 0.25) is 0 Å². The van der Waals surface area contributed by atoms with Crippen LogP contribution in [0.15, 0.2) is 413 Å². The van der Waals surface area contributed by atoms with Gasteiger partial charge in [0, 0.05) is 0 Å². The second-order valence-electron chi connectivity index (χ2n) is 26.8. The van der Waals surface area contributed by atoms with E-state index in [1.165, 1.54) is 116 Å². The van der Waals surface area contributed by atoms with Crippen molar-refractivity contribution < 1.29 is 18.0 Å². The maximum absolute atomic E-state index is 5.62. The molecule has 0 radical (unpaired) electrons. The summed E-state index contributed by atoms with van der Waals surface area (Å²) in [5.41, 5.74) is 2.37. The van der Waals surface area contributed by atoms with Gasteiger partial charge in [-0.2, -0.15) is 22.9 Å². The van der Waals surface area contributed by atoms with Gasteiger partial charge in [-0.25, -0.2) is 0 Å². The van der Waals surface area contributed by atoms with Crippen molar-refractivity contribution in [2.75, 3.05) is 0 Å². The number of benzene rings is 14. The zero-order valence-electron chi connectivity index (χ0n) is 58.0. The van der Waals surface area contributed by atoms with Crippen LogP contribution in [0.3, 0.4) is 0 Å². The molecule has 496 valence electrons. The van der Waals surface area contributed by atoms with Crippen LogP contribution in [0.25, 0.3) is 21.5 Å². The molecule has 16 rings (SSSR count). The molecule has 0 saturated carbocycles. The smallest absolute Gasteiger partial charge is 0.165 e. The zero-order chi connectivity index (χ0) is 69.9. The Bertz CT molecular complexity index is 4360. The van der Waals surface area contributed by atoms with Crippen molar-refractivity contribution in [2.45, 2.75) is 26.9 Å². The standard InChI is InChI=1S/2C46H37Si2.C2H6Si.2ClH.Zr/c2*1-36-32-37-34-45(47(39-20-8-2-9-21-39,40-22-10-3-11-23-40)41-24-12-4-13-25-41)46(35-38(37)33-36)48(42-26-14-5-15-27-42,43-28-16-6-17-29-43)44-30-18-7-19-31-44;1-3-2;;;/h2*2-35H,1H3;1-2H3;2*1H;/q2*-1;;;;+2/p-2. The van der Waals surface area contributed by atoms with Gasteiger partial charge in [0.25, 0.3) is 0 Å². The van der Waals surface area contributed by atoms with Gasteiger partial charge in [-0.1, -0.05) is 399 Å². The molecular formula is C94H80Cl2Si5Zr-2. The van der Waals surface area contributed by atoms with Crippen LogP contribution in [0.4, 0.5) is 0 Å². The molecule has 0 spiro atoms. The van der Waals surface area contributed by atoms with Crippen molar-refractivity contribution in [1.82, 2.24) is 0 Å². The summed E-state index contributed by atoms with van der Waals surface area (Å²) in [5, 5.41) is 27.8. The second-order valence-corrected chi connectivity index (χ2v) is 64.8. The fourth-order valence-electron chi connectivity index (χ4n) is 16.2. The third-order valence-electron chi connectivity index (χ3n) is 20.5. The molecule has 0 N–H and O–H groups in total. The van der Waals surface area contributed by atoms with Crippen LogP contribution in [-0.4, -0.2) is 37.7 Å². The summed E-state index contributed by atoms with van der Waals surface area (Å²) in [6, 6.07) is 156. The van der Waals surface area contributed by atoms with E-state index in [0.29, 0.717) is 0 Å². The fourth-order valence-corrected chi connectivity index (χ4v) is 37.9. The Labute approximate surface area is 622 Å². The van der Waals surface area contributed by atoms with Crippen molar-refractivity contribution in [3.63, 3.8) is 0 Å². The molecule has 0 aromatic heterocycles. The molecule has 0 bridgehead atoms. The Morgan fingerprint density at radius 3 is 0.500 bits per heavy atom. The average Bonchev–Trinajstić information content (AvgIpc) is 0.847. The molecule has 0 atom stereocenters. The first kappa shape index (κ1) is 69.9. The number of halogens is 2. The first-order valence-corrected chi connectivity index (χ1v) is 55.7. The van der Waals surface area contributed by atoms with Crippen LogP contribution in [0.2, 0.25) is 13.1 Å². The van der Waals surface area contributed by atoms with Crippen molar-refractivity contribution in [3.8, 4) is 0 Å². The summed E-state index contributed by atoms with van der Waals surface area (Å²) in [6.07, 6.45) is 0. The van der Waals surface area contributed by atoms with Crippen molar-refractivity contribution >= 4 is 159 Å². The normalized spacial score (nSPS) is 11.6. The molecule has 102 heavy (non-hydrogen) atoms. The van der Waals surface area contributed by atoms with Gasteiger partial charge < -0.3 is 0 Å². The molecule has 0 amide bonds. The minimum absolute atomic E-state index is 0.224. The molecular weight excluding hydrogens is 1430 g/mol. The van der Waals surface area contributed by atoms with Gasteiger partial charge in [-0.3, -0.25) is 0 Å². The monoisotopic (exact) mass is 1510 g/mol. The summed E-state index contributed by atoms with van der Waals surface area (Å²) in [7, 11) is -0.465. The van der Waals surface area contributed by atoms with E-state index in [-0.39, 0.29) is 5.43 Å². The molecule has 16 aromatic carbocycles. The molecule has 0 aliphatic rings. The first-order valence-electron chi connectivity index (χ1n) is 35.2. The number of aryl methyl sites for hydroxylation is 2. The summed E-state index contributed by atoms with van der Waals surface area (Å²) in [5.74, 6) is 0. The molecule has 0 heterocycles. The second kappa shape index (κ2) is 31.6. The van der Waals surface area contributed by atoms with Crippen LogP contribution < -0.4 is 83.0 Å². The Kier molecular flexibility index (Phi) is 21.7. The summed E-state index contributed by atoms with van der Waals surface area (Å²) < 4.78 is 0. The van der Waals surface area contributed by atoms with Gasteiger partial charge in [-0.05, 0) is 62.2 Å². The fraction of sp³-hybridized carbons (Fsp3) is 0.0426. The number of hydrogen-bond acceptors (Lipinski definition) is 0. The Morgan fingerprint density at radius 2 is 0.363 bits per heavy atom. The summed E-state index contributed by atoms with van der Waals surface area (Å²) in [4.78, 5) is 0. The number of rotatable bonds is 16. The largest absolute Gasteiger partial charge is 0.177 e. The van der Waals surface area contributed by atoms with Crippen LogP contribution in [0, 0.1) is 13.8 Å². The van der Waals surface area contributed by atoms with Gasteiger partial charge in [-0.15, -0.1) is 58.3 Å². The maximum Gasteiger partial charge on any atom is 0.177 e. The Hall–Kier alpha value is -9.15.